The minimum Gasteiger partial charge on any atom is -0.490 e. The first kappa shape index (κ1) is 11.8. The molecule has 16 heavy (non-hydrogen) atoms. The van der Waals surface area contributed by atoms with E-state index in [0.717, 1.165) is 24.2 Å². The normalized spacial score (nSPS) is 17.3. The van der Waals surface area contributed by atoms with Crippen LogP contribution in [0.25, 0.3) is 0 Å². The molecule has 1 aliphatic heterocycles. The fourth-order valence-electron chi connectivity index (χ4n) is 1.80. The van der Waals surface area contributed by atoms with Gasteiger partial charge in [-0.05, 0) is 30.4 Å². The van der Waals surface area contributed by atoms with Gasteiger partial charge >= 0.3 is 0 Å². The Bertz CT molecular complexity index is 327. The van der Waals surface area contributed by atoms with Crippen LogP contribution in [-0.4, -0.2) is 17.6 Å². The van der Waals surface area contributed by atoms with Gasteiger partial charge in [-0.15, -0.1) is 0 Å². The van der Waals surface area contributed by atoms with Crippen LogP contribution in [-0.2, 0) is 11.4 Å². The van der Waals surface area contributed by atoms with Crippen molar-refractivity contribution < 1.29 is 9.57 Å². The van der Waals surface area contributed by atoms with Crippen molar-refractivity contribution >= 4 is 11.8 Å². The first-order chi connectivity index (χ1) is 7.90. The van der Waals surface area contributed by atoms with Crippen LogP contribution in [0.1, 0.15) is 18.4 Å². The Kier molecular flexibility index (Phi) is 4.51. The van der Waals surface area contributed by atoms with E-state index in [9.17, 15) is 0 Å². The second kappa shape index (κ2) is 6.13. The number of nitrogens with two attached hydrogens (primary N) is 1. The minimum atomic E-state index is 0.347. The highest BCUT2D eigenvalue weighted by molar-refractivity contribution is 7.99. The maximum absolute atomic E-state index is 5.99. The second-order valence-corrected chi connectivity index (χ2v) is 5.07. The maximum Gasteiger partial charge on any atom is 0.125 e. The van der Waals surface area contributed by atoms with Gasteiger partial charge in [-0.3, -0.25) is 4.84 Å². The molecule has 0 radical (unpaired) electrons. The topological polar surface area (TPSA) is 44.5 Å². The van der Waals surface area contributed by atoms with Crippen molar-refractivity contribution in [2.45, 2.75) is 25.6 Å². The zero-order valence-electron chi connectivity index (χ0n) is 9.22. The van der Waals surface area contributed by atoms with E-state index in [4.69, 9.17) is 10.6 Å². The Morgan fingerprint density at radius 2 is 2.00 bits per heavy atom. The molecular weight excluding hydrogens is 222 g/mol. The largest absolute Gasteiger partial charge is 0.490 e. The van der Waals surface area contributed by atoms with Crippen LogP contribution in [0.4, 0.5) is 0 Å². The summed E-state index contributed by atoms with van der Waals surface area (Å²) in [5, 5.41) is 0. The number of rotatable bonds is 4. The summed E-state index contributed by atoms with van der Waals surface area (Å²) in [7, 11) is 0. The summed E-state index contributed by atoms with van der Waals surface area (Å²) in [6.45, 7) is 0.400. The third kappa shape index (κ3) is 3.14. The Hall–Kier alpha value is -0.710. The maximum atomic E-state index is 5.99. The average molecular weight is 239 g/mol. The molecule has 0 unspecified atom stereocenters. The quantitative estimate of drug-likeness (QED) is 0.819. The van der Waals surface area contributed by atoms with Crippen molar-refractivity contribution in [2.75, 3.05) is 11.5 Å². The molecule has 3 nitrogen and oxygen atoms in total. The van der Waals surface area contributed by atoms with Gasteiger partial charge in [0.05, 0.1) is 6.61 Å². The molecule has 0 amide bonds. The molecule has 4 heteroatoms. The average Bonchev–Trinajstić information content (AvgIpc) is 2.33. The van der Waals surface area contributed by atoms with Gasteiger partial charge in [0.25, 0.3) is 0 Å². The summed E-state index contributed by atoms with van der Waals surface area (Å²) in [5.74, 6) is 8.40. The second-order valence-electron chi connectivity index (χ2n) is 3.85. The Balaban J connectivity index is 2.01. The van der Waals surface area contributed by atoms with Gasteiger partial charge in [-0.2, -0.15) is 11.8 Å². The molecule has 0 saturated carbocycles. The van der Waals surface area contributed by atoms with Gasteiger partial charge in [0.1, 0.15) is 11.9 Å². The summed E-state index contributed by atoms with van der Waals surface area (Å²) in [4.78, 5) is 4.67. The molecule has 1 fully saturated rings. The van der Waals surface area contributed by atoms with Gasteiger partial charge in [0.15, 0.2) is 0 Å². The van der Waals surface area contributed by atoms with Crippen molar-refractivity contribution in [3.8, 4) is 5.75 Å². The molecule has 1 heterocycles. The molecule has 0 atom stereocenters. The van der Waals surface area contributed by atoms with Crippen LogP contribution in [0.15, 0.2) is 24.3 Å². The number of ether oxygens (including phenoxy) is 1. The van der Waals surface area contributed by atoms with E-state index in [1.54, 1.807) is 0 Å². The summed E-state index contributed by atoms with van der Waals surface area (Å²) in [6, 6.07) is 7.92. The Morgan fingerprint density at radius 1 is 1.25 bits per heavy atom. The lowest BCUT2D eigenvalue weighted by Crippen LogP contribution is -2.22. The van der Waals surface area contributed by atoms with Crippen molar-refractivity contribution in [3.63, 3.8) is 0 Å². The SMILES string of the molecule is NOCc1ccccc1OC1CCSCC1. The van der Waals surface area contributed by atoms with Crippen molar-refractivity contribution in [3.05, 3.63) is 29.8 Å². The summed E-state index contributed by atoms with van der Waals surface area (Å²) in [5.41, 5.74) is 1.02. The van der Waals surface area contributed by atoms with Crippen molar-refractivity contribution in [1.29, 1.82) is 0 Å². The first-order valence-corrected chi connectivity index (χ1v) is 6.69. The summed E-state index contributed by atoms with van der Waals surface area (Å²) in [6.07, 6.45) is 2.60. The monoisotopic (exact) mass is 239 g/mol. The lowest BCUT2D eigenvalue weighted by Gasteiger charge is -2.23. The van der Waals surface area contributed by atoms with E-state index in [-0.39, 0.29) is 0 Å². The third-order valence-corrected chi connectivity index (χ3v) is 3.72. The number of hydrogen-bond donors (Lipinski definition) is 1. The molecule has 2 N–H and O–H groups in total. The van der Waals surface area contributed by atoms with Gasteiger partial charge in [0.2, 0.25) is 0 Å². The fraction of sp³-hybridized carbons (Fsp3) is 0.500. The van der Waals surface area contributed by atoms with Crippen LogP contribution in [0.3, 0.4) is 0 Å². The molecule has 0 bridgehead atoms. The highest BCUT2D eigenvalue weighted by Crippen LogP contribution is 2.25. The molecule has 0 spiro atoms. The molecule has 1 aromatic rings. The smallest absolute Gasteiger partial charge is 0.125 e. The lowest BCUT2D eigenvalue weighted by molar-refractivity contribution is 0.117. The lowest BCUT2D eigenvalue weighted by atomic mass is 10.2. The van der Waals surface area contributed by atoms with E-state index in [0.29, 0.717) is 12.7 Å². The van der Waals surface area contributed by atoms with Crippen LogP contribution < -0.4 is 10.6 Å². The van der Waals surface area contributed by atoms with E-state index in [1.807, 2.05) is 36.0 Å². The zero-order valence-corrected chi connectivity index (χ0v) is 10.0. The third-order valence-electron chi connectivity index (χ3n) is 2.67. The van der Waals surface area contributed by atoms with Crippen LogP contribution in [0.2, 0.25) is 0 Å². The number of para-hydroxylation sites is 1. The molecule has 1 aliphatic rings. The standard InChI is InChI=1S/C12H17NO2S/c13-14-9-10-3-1-2-4-12(10)15-11-5-7-16-8-6-11/h1-4,11H,5-9,13H2. The van der Waals surface area contributed by atoms with E-state index >= 15 is 0 Å². The van der Waals surface area contributed by atoms with Crippen molar-refractivity contribution in [2.24, 2.45) is 5.90 Å². The summed E-state index contributed by atoms with van der Waals surface area (Å²) >= 11 is 2.00. The predicted octanol–water partition coefficient (Wildman–Crippen LogP) is 2.35. The van der Waals surface area contributed by atoms with Crippen LogP contribution in [0.5, 0.6) is 5.75 Å². The predicted molar refractivity (Wildman–Crippen MR) is 66.4 cm³/mol. The van der Waals surface area contributed by atoms with E-state index in [1.165, 1.54) is 11.5 Å². The molecule has 1 aromatic carbocycles. The van der Waals surface area contributed by atoms with Crippen molar-refractivity contribution in [1.82, 2.24) is 0 Å². The molecule has 0 aliphatic carbocycles. The van der Waals surface area contributed by atoms with Crippen LogP contribution in [0, 0.1) is 0 Å². The zero-order chi connectivity index (χ0) is 11.2. The van der Waals surface area contributed by atoms with Gasteiger partial charge in [-0.25, -0.2) is 5.90 Å². The highest BCUT2D eigenvalue weighted by atomic mass is 32.2. The summed E-state index contributed by atoms with van der Waals surface area (Å²) < 4.78 is 5.99. The van der Waals surface area contributed by atoms with Crippen LogP contribution >= 0.6 is 11.8 Å². The molecular formula is C12H17NO2S. The molecule has 1 saturated heterocycles. The Labute approximate surface area is 100 Å². The number of benzene rings is 1. The molecule has 2 rings (SSSR count). The van der Waals surface area contributed by atoms with E-state index in [2.05, 4.69) is 4.84 Å². The first-order valence-electron chi connectivity index (χ1n) is 5.54. The highest BCUT2D eigenvalue weighted by Gasteiger charge is 2.16. The Morgan fingerprint density at radius 3 is 2.75 bits per heavy atom. The molecule has 0 aromatic heterocycles. The van der Waals surface area contributed by atoms with Gasteiger partial charge in [0, 0.05) is 5.56 Å². The molecule has 88 valence electrons. The fourth-order valence-corrected chi connectivity index (χ4v) is 2.86. The van der Waals surface area contributed by atoms with Gasteiger partial charge < -0.3 is 4.74 Å². The minimum absolute atomic E-state index is 0.347. The van der Waals surface area contributed by atoms with E-state index < -0.39 is 0 Å². The number of thioether (sulfide) groups is 1. The number of hydrogen-bond acceptors (Lipinski definition) is 4. The van der Waals surface area contributed by atoms with Gasteiger partial charge in [-0.1, -0.05) is 18.2 Å².